The van der Waals surface area contributed by atoms with E-state index in [4.69, 9.17) is 0 Å². The smallest absolute Gasteiger partial charge is 0.0217 e. The highest BCUT2D eigenvalue weighted by Gasteiger charge is 2.09. The lowest BCUT2D eigenvalue weighted by Gasteiger charge is -2.27. The monoisotopic (exact) mass is 333 g/mol. The third-order valence-corrected chi connectivity index (χ3v) is 5.22. The van der Waals surface area contributed by atoms with E-state index in [-0.39, 0.29) is 0 Å². The molecule has 0 unspecified atom stereocenters. The highest BCUT2D eigenvalue weighted by molar-refractivity contribution is 6.02. The standard InChI is InChI=1S/C22H27N3/c1-3-8-20-18(6-1)16-19-7-2-4-9-21(19)22(20)17-24-10-5-13-25-14-11-23-12-15-25/h1-4,6-9,16,23-24H,5,10-15,17H2. The predicted molar refractivity (Wildman–Crippen MR) is 107 cm³/mol. The molecule has 3 aromatic rings. The van der Waals surface area contributed by atoms with Crippen LogP contribution in [0, 0.1) is 0 Å². The molecular weight excluding hydrogens is 306 g/mol. The summed E-state index contributed by atoms with van der Waals surface area (Å²) >= 11 is 0. The summed E-state index contributed by atoms with van der Waals surface area (Å²) in [6.45, 7) is 7.85. The van der Waals surface area contributed by atoms with E-state index in [1.165, 1.54) is 53.2 Å². The predicted octanol–water partition coefficient (Wildman–Crippen LogP) is 3.38. The lowest BCUT2D eigenvalue weighted by atomic mass is 9.97. The maximum Gasteiger partial charge on any atom is 0.0217 e. The van der Waals surface area contributed by atoms with Crippen molar-refractivity contribution in [2.45, 2.75) is 13.0 Å². The quantitative estimate of drug-likeness (QED) is 0.535. The van der Waals surface area contributed by atoms with Crippen molar-refractivity contribution in [1.29, 1.82) is 0 Å². The van der Waals surface area contributed by atoms with Crippen molar-refractivity contribution in [3.05, 3.63) is 60.2 Å². The zero-order valence-corrected chi connectivity index (χ0v) is 14.8. The first kappa shape index (κ1) is 16.5. The number of nitrogens with one attached hydrogen (secondary N) is 2. The van der Waals surface area contributed by atoms with Gasteiger partial charge in [-0.15, -0.1) is 0 Å². The Balaban J connectivity index is 1.44. The molecule has 1 aliphatic heterocycles. The second kappa shape index (κ2) is 7.96. The van der Waals surface area contributed by atoms with Crippen molar-refractivity contribution in [2.24, 2.45) is 0 Å². The molecule has 1 saturated heterocycles. The Morgan fingerprint density at radius 2 is 1.52 bits per heavy atom. The van der Waals surface area contributed by atoms with Gasteiger partial charge in [0.1, 0.15) is 0 Å². The molecule has 25 heavy (non-hydrogen) atoms. The van der Waals surface area contributed by atoms with E-state index in [0.717, 1.165) is 26.2 Å². The van der Waals surface area contributed by atoms with E-state index in [0.29, 0.717) is 0 Å². The second-order valence-corrected chi connectivity index (χ2v) is 6.92. The Labute approximate surface area is 150 Å². The normalized spacial score (nSPS) is 15.8. The van der Waals surface area contributed by atoms with Gasteiger partial charge >= 0.3 is 0 Å². The van der Waals surface area contributed by atoms with Crippen LogP contribution in [-0.4, -0.2) is 44.2 Å². The average molecular weight is 333 g/mol. The SMILES string of the molecule is c1ccc2c(CNCCCN3CCNCC3)c3ccccc3cc2c1. The van der Waals surface area contributed by atoms with Crippen LogP contribution in [0.4, 0.5) is 0 Å². The Hall–Kier alpha value is -1.94. The van der Waals surface area contributed by atoms with Crippen LogP contribution < -0.4 is 10.6 Å². The summed E-state index contributed by atoms with van der Waals surface area (Å²) in [5, 5.41) is 12.5. The number of piperazine rings is 1. The van der Waals surface area contributed by atoms with E-state index in [9.17, 15) is 0 Å². The minimum absolute atomic E-state index is 0.934. The molecule has 0 atom stereocenters. The molecule has 1 heterocycles. The summed E-state index contributed by atoms with van der Waals surface area (Å²) in [6.07, 6.45) is 1.21. The molecule has 3 nitrogen and oxygen atoms in total. The van der Waals surface area contributed by atoms with Gasteiger partial charge in [0.2, 0.25) is 0 Å². The minimum atomic E-state index is 0.934. The van der Waals surface area contributed by atoms with Gasteiger partial charge in [0, 0.05) is 32.7 Å². The first-order chi connectivity index (χ1) is 12.4. The third-order valence-electron chi connectivity index (χ3n) is 5.22. The fraction of sp³-hybridized carbons (Fsp3) is 0.364. The van der Waals surface area contributed by atoms with E-state index in [1.54, 1.807) is 0 Å². The highest BCUT2D eigenvalue weighted by atomic mass is 15.2. The van der Waals surface area contributed by atoms with Crippen molar-refractivity contribution in [3.8, 4) is 0 Å². The fourth-order valence-electron chi connectivity index (χ4n) is 3.87. The van der Waals surface area contributed by atoms with Gasteiger partial charge in [-0.2, -0.15) is 0 Å². The van der Waals surface area contributed by atoms with Gasteiger partial charge in [-0.3, -0.25) is 0 Å². The van der Waals surface area contributed by atoms with Crippen LogP contribution in [0.5, 0.6) is 0 Å². The third kappa shape index (κ3) is 3.84. The Bertz CT molecular complexity index is 783. The van der Waals surface area contributed by atoms with Crippen molar-refractivity contribution >= 4 is 21.5 Å². The Kier molecular flexibility index (Phi) is 5.26. The largest absolute Gasteiger partial charge is 0.314 e. The van der Waals surface area contributed by atoms with Crippen LogP contribution in [0.2, 0.25) is 0 Å². The molecule has 3 aromatic carbocycles. The maximum atomic E-state index is 3.68. The van der Waals surface area contributed by atoms with Gasteiger partial charge in [0.15, 0.2) is 0 Å². The first-order valence-corrected chi connectivity index (χ1v) is 9.45. The van der Waals surface area contributed by atoms with E-state index in [2.05, 4.69) is 70.1 Å². The summed E-state index contributed by atoms with van der Waals surface area (Å²) in [7, 11) is 0. The van der Waals surface area contributed by atoms with Crippen molar-refractivity contribution in [2.75, 3.05) is 39.3 Å². The molecule has 0 bridgehead atoms. The van der Waals surface area contributed by atoms with Gasteiger partial charge in [-0.1, -0.05) is 48.5 Å². The van der Waals surface area contributed by atoms with E-state index < -0.39 is 0 Å². The molecular formula is C22H27N3. The van der Waals surface area contributed by atoms with Gasteiger partial charge in [-0.05, 0) is 52.7 Å². The number of hydrogen-bond donors (Lipinski definition) is 2. The molecule has 1 aliphatic rings. The van der Waals surface area contributed by atoms with Crippen molar-refractivity contribution in [1.82, 2.24) is 15.5 Å². The molecule has 0 spiro atoms. The molecule has 0 radical (unpaired) electrons. The van der Waals surface area contributed by atoms with E-state index >= 15 is 0 Å². The zero-order valence-electron chi connectivity index (χ0n) is 14.8. The Morgan fingerprint density at radius 1 is 0.880 bits per heavy atom. The van der Waals surface area contributed by atoms with Crippen LogP contribution in [0.25, 0.3) is 21.5 Å². The molecule has 1 fully saturated rings. The number of hydrogen-bond acceptors (Lipinski definition) is 3. The minimum Gasteiger partial charge on any atom is -0.314 e. The second-order valence-electron chi connectivity index (χ2n) is 6.92. The molecule has 130 valence electrons. The summed E-state index contributed by atoms with van der Waals surface area (Å²) in [5.41, 5.74) is 1.43. The average Bonchev–Trinajstić information content (AvgIpc) is 2.68. The number of nitrogens with zero attached hydrogens (tertiary/aromatic N) is 1. The van der Waals surface area contributed by atoms with Crippen LogP contribution in [0.1, 0.15) is 12.0 Å². The van der Waals surface area contributed by atoms with Crippen LogP contribution >= 0.6 is 0 Å². The van der Waals surface area contributed by atoms with Gasteiger partial charge < -0.3 is 15.5 Å². The zero-order chi connectivity index (χ0) is 16.9. The fourth-order valence-corrected chi connectivity index (χ4v) is 3.87. The topological polar surface area (TPSA) is 27.3 Å². The highest BCUT2D eigenvalue weighted by Crippen LogP contribution is 2.28. The molecule has 3 heteroatoms. The number of benzene rings is 3. The van der Waals surface area contributed by atoms with Gasteiger partial charge in [0.05, 0.1) is 0 Å². The molecule has 4 rings (SSSR count). The summed E-state index contributed by atoms with van der Waals surface area (Å²) in [4.78, 5) is 2.56. The summed E-state index contributed by atoms with van der Waals surface area (Å²) < 4.78 is 0. The molecule has 2 N–H and O–H groups in total. The van der Waals surface area contributed by atoms with Crippen LogP contribution in [-0.2, 0) is 6.54 Å². The molecule has 0 amide bonds. The molecule has 0 saturated carbocycles. The number of rotatable bonds is 6. The summed E-state index contributed by atoms with van der Waals surface area (Å²) in [6, 6.07) is 19.8. The van der Waals surface area contributed by atoms with Crippen LogP contribution in [0.3, 0.4) is 0 Å². The lowest BCUT2D eigenvalue weighted by molar-refractivity contribution is 0.237. The number of fused-ring (bicyclic) bond motifs is 2. The van der Waals surface area contributed by atoms with Crippen molar-refractivity contribution < 1.29 is 0 Å². The molecule has 0 aromatic heterocycles. The van der Waals surface area contributed by atoms with Gasteiger partial charge in [0.25, 0.3) is 0 Å². The Morgan fingerprint density at radius 3 is 2.20 bits per heavy atom. The van der Waals surface area contributed by atoms with Crippen LogP contribution in [0.15, 0.2) is 54.6 Å². The maximum absolute atomic E-state index is 3.68. The van der Waals surface area contributed by atoms with E-state index in [1.807, 2.05) is 0 Å². The van der Waals surface area contributed by atoms with Crippen molar-refractivity contribution in [3.63, 3.8) is 0 Å². The van der Waals surface area contributed by atoms with Gasteiger partial charge in [-0.25, -0.2) is 0 Å². The first-order valence-electron chi connectivity index (χ1n) is 9.45. The molecule has 0 aliphatic carbocycles. The lowest BCUT2D eigenvalue weighted by Crippen LogP contribution is -2.44. The summed E-state index contributed by atoms with van der Waals surface area (Å²) in [5.74, 6) is 0.